The van der Waals surface area contributed by atoms with E-state index in [0.717, 1.165) is 56.9 Å². The molecule has 2 aromatic rings. The Kier molecular flexibility index (Phi) is 4.99. The summed E-state index contributed by atoms with van der Waals surface area (Å²) in [5, 5.41) is 8.27. The van der Waals surface area contributed by atoms with Crippen molar-refractivity contribution in [2.24, 2.45) is 0 Å². The van der Waals surface area contributed by atoms with Gasteiger partial charge < -0.3 is 9.47 Å². The SMILES string of the molecule is CCCCOc1ccc(CN2CC[C@@H]3[C@@H](C2)OCc2cnnn23)cc1. The lowest BCUT2D eigenvalue weighted by molar-refractivity contribution is -0.0704. The fourth-order valence-electron chi connectivity index (χ4n) is 3.68. The summed E-state index contributed by atoms with van der Waals surface area (Å²) in [6.07, 6.45) is 5.34. The number of unbranched alkanes of at least 4 members (excludes halogenated alkanes) is 1. The predicted molar refractivity (Wildman–Crippen MR) is 94.4 cm³/mol. The van der Waals surface area contributed by atoms with Gasteiger partial charge in [0.2, 0.25) is 0 Å². The van der Waals surface area contributed by atoms with Crippen LogP contribution in [0.15, 0.2) is 30.5 Å². The Morgan fingerprint density at radius 2 is 2.16 bits per heavy atom. The average Bonchev–Trinajstić information content (AvgIpc) is 3.12. The lowest BCUT2D eigenvalue weighted by atomic mass is 9.99. The van der Waals surface area contributed by atoms with Crippen LogP contribution in [0.3, 0.4) is 0 Å². The number of hydrogen-bond donors (Lipinski definition) is 0. The third-order valence-electron chi connectivity index (χ3n) is 5.11. The normalized spacial score (nSPS) is 23.1. The van der Waals surface area contributed by atoms with Crippen molar-refractivity contribution in [3.8, 4) is 5.75 Å². The first-order valence-electron chi connectivity index (χ1n) is 9.28. The molecule has 0 unspecified atom stereocenters. The van der Waals surface area contributed by atoms with E-state index in [2.05, 4.69) is 51.1 Å². The molecule has 2 aliphatic heterocycles. The summed E-state index contributed by atoms with van der Waals surface area (Å²) in [4.78, 5) is 2.47. The third-order valence-corrected chi connectivity index (χ3v) is 5.11. The average molecular weight is 342 g/mol. The van der Waals surface area contributed by atoms with Crippen molar-refractivity contribution in [2.45, 2.75) is 51.5 Å². The summed E-state index contributed by atoms with van der Waals surface area (Å²) in [7, 11) is 0. The number of rotatable bonds is 6. The zero-order valence-electron chi connectivity index (χ0n) is 14.8. The lowest BCUT2D eigenvalue weighted by Crippen LogP contribution is -2.48. The third kappa shape index (κ3) is 3.70. The number of nitrogens with zero attached hydrogens (tertiary/aromatic N) is 4. The summed E-state index contributed by atoms with van der Waals surface area (Å²) in [5.41, 5.74) is 2.41. The van der Waals surface area contributed by atoms with Crippen LogP contribution < -0.4 is 4.74 Å². The van der Waals surface area contributed by atoms with Gasteiger partial charge in [0.25, 0.3) is 0 Å². The van der Waals surface area contributed by atoms with E-state index in [1.54, 1.807) is 0 Å². The molecule has 0 bridgehead atoms. The van der Waals surface area contributed by atoms with E-state index in [4.69, 9.17) is 9.47 Å². The minimum atomic E-state index is 0.208. The van der Waals surface area contributed by atoms with Gasteiger partial charge in [-0.15, -0.1) is 5.10 Å². The van der Waals surface area contributed by atoms with Gasteiger partial charge >= 0.3 is 0 Å². The monoisotopic (exact) mass is 342 g/mol. The number of aromatic nitrogens is 3. The van der Waals surface area contributed by atoms with Crippen LogP contribution >= 0.6 is 0 Å². The molecule has 1 fully saturated rings. The summed E-state index contributed by atoms with van der Waals surface area (Å²) < 4.78 is 13.8. The first-order chi connectivity index (χ1) is 12.3. The summed E-state index contributed by atoms with van der Waals surface area (Å²) in [5.74, 6) is 0.963. The Bertz CT molecular complexity index is 685. The smallest absolute Gasteiger partial charge is 0.119 e. The summed E-state index contributed by atoms with van der Waals surface area (Å²) in [6.45, 7) is 6.54. The van der Waals surface area contributed by atoms with Crippen LogP contribution in [0.1, 0.15) is 43.5 Å². The van der Waals surface area contributed by atoms with Gasteiger partial charge in [-0.25, -0.2) is 4.68 Å². The van der Waals surface area contributed by atoms with Crippen LogP contribution in [0.5, 0.6) is 5.75 Å². The van der Waals surface area contributed by atoms with Gasteiger partial charge in [-0.3, -0.25) is 4.90 Å². The van der Waals surface area contributed by atoms with Gasteiger partial charge in [-0.2, -0.15) is 0 Å². The Morgan fingerprint density at radius 1 is 1.28 bits per heavy atom. The number of ether oxygens (including phenoxy) is 2. The van der Waals surface area contributed by atoms with E-state index in [0.29, 0.717) is 12.6 Å². The second-order valence-corrected chi connectivity index (χ2v) is 6.96. The maximum atomic E-state index is 6.05. The van der Waals surface area contributed by atoms with Crippen molar-refractivity contribution in [1.29, 1.82) is 0 Å². The first-order valence-corrected chi connectivity index (χ1v) is 9.28. The predicted octanol–water partition coefficient (Wildman–Crippen LogP) is 2.80. The highest BCUT2D eigenvalue weighted by molar-refractivity contribution is 5.27. The zero-order valence-corrected chi connectivity index (χ0v) is 14.8. The number of benzene rings is 1. The molecule has 0 radical (unpaired) electrons. The highest BCUT2D eigenvalue weighted by Gasteiger charge is 2.36. The number of fused-ring (bicyclic) bond motifs is 3. The van der Waals surface area contributed by atoms with Gasteiger partial charge in [0.1, 0.15) is 5.75 Å². The topological polar surface area (TPSA) is 52.4 Å². The molecule has 0 N–H and O–H groups in total. The number of piperidine rings is 1. The van der Waals surface area contributed by atoms with Gasteiger partial charge in [0.05, 0.1) is 37.3 Å². The molecule has 1 aromatic carbocycles. The molecule has 0 spiro atoms. The van der Waals surface area contributed by atoms with Crippen molar-refractivity contribution in [1.82, 2.24) is 19.9 Å². The number of likely N-dealkylation sites (tertiary alicyclic amines) is 1. The molecular formula is C19H26N4O2. The molecule has 1 aromatic heterocycles. The second kappa shape index (κ2) is 7.54. The minimum absolute atomic E-state index is 0.208. The van der Waals surface area contributed by atoms with E-state index in [1.807, 2.05) is 6.20 Å². The quantitative estimate of drug-likeness (QED) is 0.756. The Labute approximate surface area is 148 Å². The zero-order chi connectivity index (χ0) is 17.1. The molecule has 0 saturated carbocycles. The van der Waals surface area contributed by atoms with Gasteiger partial charge in [0.15, 0.2) is 0 Å². The van der Waals surface area contributed by atoms with E-state index in [-0.39, 0.29) is 6.10 Å². The molecule has 0 aliphatic carbocycles. The molecule has 1 saturated heterocycles. The number of hydrogen-bond acceptors (Lipinski definition) is 5. The van der Waals surface area contributed by atoms with Crippen LogP contribution in [0.4, 0.5) is 0 Å². The maximum absolute atomic E-state index is 6.05. The molecule has 2 atom stereocenters. The van der Waals surface area contributed by atoms with Crippen molar-refractivity contribution >= 4 is 0 Å². The second-order valence-electron chi connectivity index (χ2n) is 6.96. The van der Waals surface area contributed by atoms with Crippen molar-refractivity contribution in [2.75, 3.05) is 19.7 Å². The van der Waals surface area contributed by atoms with Gasteiger partial charge in [0, 0.05) is 19.6 Å². The fourth-order valence-corrected chi connectivity index (χ4v) is 3.68. The van der Waals surface area contributed by atoms with Crippen molar-refractivity contribution < 1.29 is 9.47 Å². The van der Waals surface area contributed by atoms with Crippen LogP contribution in [0.25, 0.3) is 0 Å². The van der Waals surface area contributed by atoms with Crippen LogP contribution in [-0.4, -0.2) is 45.7 Å². The van der Waals surface area contributed by atoms with Crippen LogP contribution in [-0.2, 0) is 17.9 Å². The van der Waals surface area contributed by atoms with E-state index in [9.17, 15) is 0 Å². The molecule has 3 heterocycles. The maximum Gasteiger partial charge on any atom is 0.119 e. The van der Waals surface area contributed by atoms with E-state index >= 15 is 0 Å². The first kappa shape index (κ1) is 16.5. The van der Waals surface area contributed by atoms with Crippen LogP contribution in [0, 0.1) is 0 Å². The largest absolute Gasteiger partial charge is 0.494 e. The lowest BCUT2D eigenvalue weighted by Gasteiger charge is -2.41. The molecule has 6 nitrogen and oxygen atoms in total. The minimum Gasteiger partial charge on any atom is -0.494 e. The molecule has 6 heteroatoms. The highest BCUT2D eigenvalue weighted by atomic mass is 16.5. The standard InChI is InChI=1S/C19H26N4O2/c1-2-3-10-24-17-6-4-15(5-7-17)12-22-9-8-18-19(13-22)25-14-16-11-20-21-23(16)18/h4-7,11,18-19H,2-3,8-10,12-14H2,1H3/t18-,19-/m1/s1. The Balaban J connectivity index is 1.32. The molecule has 134 valence electrons. The van der Waals surface area contributed by atoms with Crippen molar-refractivity contribution in [3.05, 3.63) is 41.7 Å². The summed E-state index contributed by atoms with van der Waals surface area (Å²) in [6, 6.07) is 8.83. The fraction of sp³-hybridized carbons (Fsp3) is 0.579. The molecule has 4 rings (SSSR count). The highest BCUT2D eigenvalue weighted by Crippen LogP contribution is 2.31. The molecule has 2 aliphatic rings. The summed E-state index contributed by atoms with van der Waals surface area (Å²) >= 11 is 0. The molecule has 0 amide bonds. The Hall–Kier alpha value is -1.92. The molecular weight excluding hydrogens is 316 g/mol. The van der Waals surface area contributed by atoms with Gasteiger partial charge in [-0.05, 0) is 30.5 Å². The Morgan fingerprint density at radius 3 is 3.00 bits per heavy atom. The van der Waals surface area contributed by atoms with E-state index < -0.39 is 0 Å². The van der Waals surface area contributed by atoms with E-state index in [1.165, 1.54) is 5.56 Å². The van der Waals surface area contributed by atoms with Crippen LogP contribution in [0.2, 0.25) is 0 Å². The van der Waals surface area contributed by atoms with Crippen molar-refractivity contribution in [3.63, 3.8) is 0 Å². The van der Waals surface area contributed by atoms with Gasteiger partial charge in [-0.1, -0.05) is 30.7 Å². The molecule has 25 heavy (non-hydrogen) atoms.